The number of amides is 1. The van der Waals surface area contributed by atoms with Gasteiger partial charge in [0, 0.05) is 35.4 Å². The van der Waals surface area contributed by atoms with E-state index in [1.54, 1.807) is 24.3 Å². The lowest BCUT2D eigenvalue weighted by atomic mass is 10.1. The highest BCUT2D eigenvalue weighted by atomic mass is 19.4. The SMILES string of the molecule is Cc1ccc2c(=O)c(C(=O)Nc3ccc(N4CCCC4C)cc3C(F)(F)F)c[nH]c2c1. The van der Waals surface area contributed by atoms with Crippen LogP contribution in [0.15, 0.2) is 47.4 Å². The van der Waals surface area contributed by atoms with Crippen LogP contribution in [0.4, 0.5) is 24.5 Å². The molecule has 0 bridgehead atoms. The number of hydrogen-bond acceptors (Lipinski definition) is 3. The second-order valence-electron chi connectivity index (χ2n) is 7.95. The summed E-state index contributed by atoms with van der Waals surface area (Å²) in [6.07, 6.45) is -1.59. The molecule has 8 heteroatoms. The number of H-pyrrole nitrogens is 1. The first-order valence-corrected chi connectivity index (χ1v) is 10.1. The molecule has 0 spiro atoms. The first kappa shape index (κ1) is 21.0. The van der Waals surface area contributed by atoms with Crippen molar-refractivity contribution < 1.29 is 18.0 Å². The van der Waals surface area contributed by atoms with Gasteiger partial charge in [-0.15, -0.1) is 0 Å². The minimum Gasteiger partial charge on any atom is -0.369 e. The number of fused-ring (bicyclic) bond motifs is 1. The predicted octanol–water partition coefficient (Wildman–Crippen LogP) is 5.10. The Labute approximate surface area is 176 Å². The Morgan fingerprint density at radius 3 is 2.65 bits per heavy atom. The maximum absolute atomic E-state index is 13.8. The molecular formula is C23H22F3N3O2. The highest BCUT2D eigenvalue weighted by molar-refractivity contribution is 6.06. The van der Waals surface area contributed by atoms with E-state index in [1.807, 2.05) is 18.7 Å². The molecule has 0 saturated carbocycles. The lowest BCUT2D eigenvalue weighted by molar-refractivity contribution is -0.136. The standard InChI is InChI=1S/C23H22F3N3O2/c1-13-5-7-16-20(10-13)27-12-17(21(16)30)22(31)28-19-8-6-15(11-18(19)23(24,25)26)29-9-3-4-14(29)2/h5-8,10-12,14H,3-4,9H2,1-2H3,(H,27,30)(H,28,31). The van der Waals surface area contributed by atoms with Crippen LogP contribution in [0, 0.1) is 6.92 Å². The third-order valence-electron chi connectivity index (χ3n) is 5.72. The maximum Gasteiger partial charge on any atom is 0.418 e. The second-order valence-corrected chi connectivity index (χ2v) is 7.95. The average Bonchev–Trinajstić information content (AvgIpc) is 3.13. The van der Waals surface area contributed by atoms with Crippen LogP contribution in [0.5, 0.6) is 0 Å². The molecule has 162 valence electrons. The van der Waals surface area contributed by atoms with E-state index in [2.05, 4.69) is 10.3 Å². The molecule has 1 saturated heterocycles. The quantitative estimate of drug-likeness (QED) is 0.609. The fourth-order valence-corrected chi connectivity index (χ4v) is 4.07. The van der Waals surface area contributed by atoms with Gasteiger partial charge in [0.25, 0.3) is 5.91 Å². The van der Waals surface area contributed by atoms with Crippen LogP contribution in [0.1, 0.15) is 41.3 Å². The van der Waals surface area contributed by atoms with E-state index in [0.717, 1.165) is 24.5 Å². The molecule has 1 fully saturated rings. The Morgan fingerprint density at radius 2 is 1.97 bits per heavy atom. The second kappa shape index (κ2) is 7.76. The summed E-state index contributed by atoms with van der Waals surface area (Å²) in [5.41, 5.74) is -0.149. The monoisotopic (exact) mass is 429 g/mol. The molecule has 31 heavy (non-hydrogen) atoms. The van der Waals surface area contributed by atoms with Crippen LogP contribution < -0.4 is 15.6 Å². The van der Waals surface area contributed by atoms with Crippen molar-refractivity contribution in [2.24, 2.45) is 0 Å². The number of alkyl halides is 3. The number of benzene rings is 2. The number of aryl methyl sites for hydroxylation is 1. The number of pyridine rings is 1. The van der Waals surface area contributed by atoms with Gasteiger partial charge in [-0.2, -0.15) is 13.2 Å². The summed E-state index contributed by atoms with van der Waals surface area (Å²) in [4.78, 5) is 30.2. The van der Waals surface area contributed by atoms with Gasteiger partial charge in [-0.1, -0.05) is 6.07 Å². The molecular weight excluding hydrogens is 407 g/mol. The molecule has 1 atom stereocenters. The molecule has 2 aromatic carbocycles. The lowest BCUT2D eigenvalue weighted by Gasteiger charge is -2.25. The Kier molecular flexibility index (Phi) is 5.24. The number of carbonyl (C=O) groups is 1. The van der Waals surface area contributed by atoms with Crippen molar-refractivity contribution in [2.75, 3.05) is 16.8 Å². The van der Waals surface area contributed by atoms with Crippen molar-refractivity contribution in [3.8, 4) is 0 Å². The van der Waals surface area contributed by atoms with E-state index in [4.69, 9.17) is 0 Å². The fourth-order valence-electron chi connectivity index (χ4n) is 4.07. The van der Waals surface area contributed by atoms with Crippen LogP contribution in [0.2, 0.25) is 0 Å². The summed E-state index contributed by atoms with van der Waals surface area (Å²) in [5.74, 6) is -0.892. The zero-order valence-corrected chi connectivity index (χ0v) is 17.1. The van der Waals surface area contributed by atoms with E-state index in [1.165, 1.54) is 12.3 Å². The number of nitrogens with one attached hydrogen (secondary N) is 2. The van der Waals surface area contributed by atoms with Gasteiger partial charge in [-0.3, -0.25) is 9.59 Å². The summed E-state index contributed by atoms with van der Waals surface area (Å²) in [6.45, 7) is 4.53. The third-order valence-corrected chi connectivity index (χ3v) is 5.72. The highest BCUT2D eigenvalue weighted by Crippen LogP contribution is 2.38. The number of hydrogen-bond donors (Lipinski definition) is 2. The van der Waals surface area contributed by atoms with Crippen molar-refractivity contribution in [1.29, 1.82) is 0 Å². The largest absolute Gasteiger partial charge is 0.418 e. The molecule has 0 radical (unpaired) electrons. The zero-order chi connectivity index (χ0) is 22.3. The van der Waals surface area contributed by atoms with Crippen molar-refractivity contribution in [3.05, 3.63) is 69.5 Å². The molecule has 1 aromatic heterocycles. The average molecular weight is 429 g/mol. The van der Waals surface area contributed by atoms with Crippen LogP contribution in [0.25, 0.3) is 10.9 Å². The van der Waals surface area contributed by atoms with Gasteiger partial charge in [0.2, 0.25) is 5.43 Å². The van der Waals surface area contributed by atoms with Gasteiger partial charge in [0.1, 0.15) is 5.56 Å². The van der Waals surface area contributed by atoms with Crippen LogP contribution in [0.3, 0.4) is 0 Å². The van der Waals surface area contributed by atoms with Crippen molar-refractivity contribution in [1.82, 2.24) is 4.98 Å². The smallest absolute Gasteiger partial charge is 0.369 e. The first-order valence-electron chi connectivity index (χ1n) is 10.1. The minimum absolute atomic E-state index is 0.154. The molecule has 5 nitrogen and oxygen atoms in total. The van der Waals surface area contributed by atoms with E-state index in [-0.39, 0.29) is 17.3 Å². The molecule has 2 N–H and O–H groups in total. The van der Waals surface area contributed by atoms with Crippen molar-refractivity contribution in [2.45, 2.75) is 38.9 Å². The Morgan fingerprint density at radius 1 is 1.19 bits per heavy atom. The maximum atomic E-state index is 13.8. The topological polar surface area (TPSA) is 65.2 Å². The molecule has 3 aromatic rings. The third kappa shape index (κ3) is 4.02. The minimum atomic E-state index is -4.66. The molecule has 2 heterocycles. The lowest BCUT2D eigenvalue weighted by Crippen LogP contribution is -2.27. The molecule has 1 aliphatic heterocycles. The number of anilines is 2. The van der Waals surface area contributed by atoms with E-state index in [9.17, 15) is 22.8 Å². The highest BCUT2D eigenvalue weighted by Gasteiger charge is 2.35. The van der Waals surface area contributed by atoms with Crippen LogP contribution in [-0.2, 0) is 6.18 Å². The number of aromatic amines is 1. The number of aromatic nitrogens is 1. The van der Waals surface area contributed by atoms with Gasteiger partial charge in [-0.05, 0) is 62.6 Å². The number of carbonyl (C=O) groups excluding carboxylic acids is 1. The Hall–Kier alpha value is -3.29. The van der Waals surface area contributed by atoms with E-state index >= 15 is 0 Å². The summed E-state index contributed by atoms with van der Waals surface area (Å²) in [6, 6.07) is 9.12. The molecule has 1 aliphatic rings. The summed E-state index contributed by atoms with van der Waals surface area (Å²) >= 11 is 0. The zero-order valence-electron chi connectivity index (χ0n) is 17.1. The summed E-state index contributed by atoms with van der Waals surface area (Å²) < 4.78 is 41.3. The molecule has 1 amide bonds. The predicted molar refractivity (Wildman–Crippen MR) is 115 cm³/mol. The number of halogens is 3. The Bertz CT molecular complexity index is 1220. The van der Waals surface area contributed by atoms with Gasteiger partial charge < -0.3 is 15.2 Å². The normalized spacial score (nSPS) is 16.7. The molecule has 4 rings (SSSR count). The van der Waals surface area contributed by atoms with Gasteiger partial charge in [-0.25, -0.2) is 0 Å². The summed E-state index contributed by atoms with van der Waals surface area (Å²) in [7, 11) is 0. The van der Waals surface area contributed by atoms with Gasteiger partial charge in [0.15, 0.2) is 0 Å². The summed E-state index contributed by atoms with van der Waals surface area (Å²) in [5, 5.41) is 2.58. The Balaban J connectivity index is 1.69. The van der Waals surface area contributed by atoms with Crippen molar-refractivity contribution >= 4 is 28.2 Å². The first-order chi connectivity index (χ1) is 14.6. The number of rotatable bonds is 3. The van der Waals surface area contributed by atoms with Crippen LogP contribution in [-0.4, -0.2) is 23.5 Å². The molecule has 0 aliphatic carbocycles. The van der Waals surface area contributed by atoms with Gasteiger partial charge in [0.05, 0.1) is 11.3 Å². The van der Waals surface area contributed by atoms with E-state index in [0.29, 0.717) is 23.1 Å². The number of nitrogens with zero attached hydrogens (tertiary/aromatic N) is 1. The van der Waals surface area contributed by atoms with Crippen LogP contribution >= 0.6 is 0 Å². The van der Waals surface area contributed by atoms with Crippen molar-refractivity contribution in [3.63, 3.8) is 0 Å². The van der Waals surface area contributed by atoms with Gasteiger partial charge >= 0.3 is 6.18 Å². The fraction of sp³-hybridized carbons (Fsp3) is 0.304. The van der Waals surface area contributed by atoms with E-state index < -0.39 is 23.1 Å². The molecule has 1 unspecified atom stereocenters.